The van der Waals surface area contributed by atoms with E-state index < -0.39 is 6.10 Å². The summed E-state index contributed by atoms with van der Waals surface area (Å²) in [4.78, 5) is 17.2. The Morgan fingerprint density at radius 2 is 1.84 bits per heavy atom. The fraction of sp³-hybridized carbons (Fsp3) is 0.458. The summed E-state index contributed by atoms with van der Waals surface area (Å²) in [7, 11) is 1.68. The summed E-state index contributed by atoms with van der Waals surface area (Å²) in [5.41, 5.74) is 2.15. The molecular formula is C24H32ClN3O3. The number of rotatable bonds is 9. The standard InChI is InChI=1S/C24H32ClN3O3/c1-18-17-20(25)5-10-23(18)31-19(2)24(29)26-11-4-12-27-13-15-28(16-14-27)21-6-8-22(30-3)9-7-21/h5-10,17,19H,4,11-16H2,1-3H3,(H,26,29). The number of halogens is 1. The fourth-order valence-electron chi connectivity index (χ4n) is 3.67. The molecule has 1 amide bonds. The van der Waals surface area contributed by atoms with Crippen LogP contribution in [0.2, 0.25) is 5.02 Å². The van der Waals surface area contributed by atoms with Crippen molar-refractivity contribution in [3.8, 4) is 11.5 Å². The molecule has 31 heavy (non-hydrogen) atoms. The van der Waals surface area contributed by atoms with Crippen molar-refractivity contribution in [1.82, 2.24) is 10.2 Å². The zero-order valence-electron chi connectivity index (χ0n) is 18.6. The molecule has 168 valence electrons. The van der Waals surface area contributed by atoms with E-state index in [1.807, 2.05) is 25.1 Å². The number of benzene rings is 2. The van der Waals surface area contributed by atoms with Crippen LogP contribution in [-0.2, 0) is 4.79 Å². The van der Waals surface area contributed by atoms with Gasteiger partial charge < -0.3 is 19.7 Å². The molecule has 2 aromatic rings. The van der Waals surface area contributed by atoms with Crippen molar-refractivity contribution in [2.45, 2.75) is 26.4 Å². The summed E-state index contributed by atoms with van der Waals surface area (Å²) in [6, 6.07) is 13.6. The highest BCUT2D eigenvalue weighted by Crippen LogP contribution is 2.23. The molecule has 0 bridgehead atoms. The Kier molecular flexibility index (Phi) is 8.43. The Hall–Kier alpha value is -2.44. The Morgan fingerprint density at radius 3 is 2.48 bits per heavy atom. The predicted molar refractivity (Wildman–Crippen MR) is 126 cm³/mol. The SMILES string of the molecule is COc1ccc(N2CCN(CCCNC(=O)C(C)Oc3ccc(Cl)cc3C)CC2)cc1. The van der Waals surface area contributed by atoms with Gasteiger partial charge in [-0.25, -0.2) is 0 Å². The van der Waals surface area contributed by atoms with E-state index in [-0.39, 0.29) is 5.91 Å². The number of carbonyl (C=O) groups excluding carboxylic acids is 1. The quantitative estimate of drug-likeness (QED) is 0.596. The van der Waals surface area contributed by atoms with Gasteiger partial charge in [0.15, 0.2) is 6.10 Å². The van der Waals surface area contributed by atoms with Gasteiger partial charge >= 0.3 is 0 Å². The molecule has 0 aromatic heterocycles. The number of nitrogens with one attached hydrogen (secondary N) is 1. The second-order valence-corrected chi connectivity index (χ2v) is 8.28. The molecule has 0 spiro atoms. The number of ether oxygens (including phenoxy) is 2. The molecule has 6 nitrogen and oxygen atoms in total. The molecule has 1 unspecified atom stereocenters. The lowest BCUT2D eigenvalue weighted by atomic mass is 10.2. The van der Waals surface area contributed by atoms with Crippen LogP contribution in [-0.4, -0.2) is 63.3 Å². The lowest BCUT2D eigenvalue weighted by molar-refractivity contribution is -0.127. The number of hydrogen-bond donors (Lipinski definition) is 1. The molecule has 1 aliphatic rings. The van der Waals surface area contributed by atoms with Crippen LogP contribution in [0.1, 0.15) is 18.9 Å². The highest BCUT2D eigenvalue weighted by atomic mass is 35.5. The van der Waals surface area contributed by atoms with Gasteiger partial charge in [-0.15, -0.1) is 0 Å². The van der Waals surface area contributed by atoms with Crippen LogP contribution in [0, 0.1) is 6.92 Å². The molecule has 7 heteroatoms. The zero-order valence-corrected chi connectivity index (χ0v) is 19.3. The van der Waals surface area contributed by atoms with Crippen LogP contribution < -0.4 is 19.7 Å². The van der Waals surface area contributed by atoms with E-state index in [1.165, 1.54) is 5.69 Å². The summed E-state index contributed by atoms with van der Waals surface area (Å²) >= 11 is 5.97. The fourth-order valence-corrected chi connectivity index (χ4v) is 3.90. The lowest BCUT2D eigenvalue weighted by Gasteiger charge is -2.36. The van der Waals surface area contributed by atoms with Gasteiger partial charge in [0.25, 0.3) is 5.91 Å². The molecule has 1 N–H and O–H groups in total. The van der Waals surface area contributed by atoms with Gasteiger partial charge in [0.2, 0.25) is 0 Å². The Balaban J connectivity index is 1.33. The van der Waals surface area contributed by atoms with Gasteiger partial charge in [0.05, 0.1) is 7.11 Å². The van der Waals surface area contributed by atoms with Gasteiger partial charge in [-0.2, -0.15) is 0 Å². The monoisotopic (exact) mass is 445 g/mol. The summed E-state index contributed by atoms with van der Waals surface area (Å²) in [6.07, 6.45) is 0.369. The molecule has 1 saturated heterocycles. The van der Waals surface area contributed by atoms with Crippen molar-refractivity contribution in [1.29, 1.82) is 0 Å². The number of aryl methyl sites for hydroxylation is 1. The first-order valence-corrected chi connectivity index (χ1v) is 11.2. The lowest BCUT2D eigenvalue weighted by Crippen LogP contribution is -2.47. The summed E-state index contributed by atoms with van der Waals surface area (Å²) < 4.78 is 11.0. The minimum absolute atomic E-state index is 0.0984. The number of hydrogen-bond acceptors (Lipinski definition) is 5. The van der Waals surface area contributed by atoms with E-state index in [9.17, 15) is 4.79 Å². The molecule has 1 fully saturated rings. The van der Waals surface area contributed by atoms with Gasteiger partial charge in [-0.1, -0.05) is 11.6 Å². The highest BCUT2D eigenvalue weighted by Gasteiger charge is 2.18. The van der Waals surface area contributed by atoms with Crippen molar-refractivity contribution < 1.29 is 14.3 Å². The number of carbonyl (C=O) groups is 1. The predicted octanol–water partition coefficient (Wildman–Crippen LogP) is 3.75. The zero-order chi connectivity index (χ0) is 22.2. The summed E-state index contributed by atoms with van der Waals surface area (Å²) in [5, 5.41) is 3.64. The maximum Gasteiger partial charge on any atom is 0.260 e. The van der Waals surface area contributed by atoms with Crippen molar-refractivity contribution in [2.75, 3.05) is 51.3 Å². The second kappa shape index (κ2) is 11.3. The van der Waals surface area contributed by atoms with Crippen LogP contribution >= 0.6 is 11.6 Å². The Bertz CT molecular complexity index is 852. The number of amides is 1. The molecule has 1 atom stereocenters. The van der Waals surface area contributed by atoms with Gasteiger partial charge in [0.1, 0.15) is 11.5 Å². The smallest absolute Gasteiger partial charge is 0.260 e. The van der Waals surface area contributed by atoms with Crippen molar-refractivity contribution in [2.24, 2.45) is 0 Å². The van der Waals surface area contributed by atoms with E-state index in [2.05, 4.69) is 27.2 Å². The van der Waals surface area contributed by atoms with E-state index in [1.54, 1.807) is 26.2 Å². The Labute approximate surface area is 190 Å². The number of anilines is 1. The third kappa shape index (κ3) is 6.77. The van der Waals surface area contributed by atoms with E-state index in [0.717, 1.165) is 50.5 Å². The van der Waals surface area contributed by atoms with Gasteiger partial charge in [-0.05, 0) is 74.8 Å². The molecule has 0 aliphatic carbocycles. The molecule has 3 rings (SSSR count). The van der Waals surface area contributed by atoms with Crippen LogP contribution in [0.3, 0.4) is 0 Å². The van der Waals surface area contributed by atoms with E-state index >= 15 is 0 Å². The average molecular weight is 446 g/mol. The van der Waals surface area contributed by atoms with Crippen molar-refractivity contribution in [3.05, 3.63) is 53.1 Å². The average Bonchev–Trinajstić information content (AvgIpc) is 2.79. The normalized spacial score (nSPS) is 15.4. The largest absolute Gasteiger partial charge is 0.497 e. The molecule has 2 aromatic carbocycles. The minimum Gasteiger partial charge on any atom is -0.497 e. The van der Waals surface area contributed by atoms with Crippen molar-refractivity contribution in [3.63, 3.8) is 0 Å². The van der Waals surface area contributed by atoms with Crippen LogP contribution in [0.15, 0.2) is 42.5 Å². The number of piperazine rings is 1. The summed E-state index contributed by atoms with van der Waals surface area (Å²) in [5.74, 6) is 1.47. The number of nitrogens with zero attached hydrogens (tertiary/aromatic N) is 2. The van der Waals surface area contributed by atoms with Crippen molar-refractivity contribution >= 4 is 23.2 Å². The first-order valence-electron chi connectivity index (χ1n) is 10.8. The topological polar surface area (TPSA) is 54.0 Å². The molecule has 1 aliphatic heterocycles. The third-order valence-corrected chi connectivity index (χ3v) is 5.81. The second-order valence-electron chi connectivity index (χ2n) is 7.84. The first kappa shape index (κ1) is 23.2. The molecule has 0 saturated carbocycles. The van der Waals surface area contributed by atoms with E-state index in [4.69, 9.17) is 21.1 Å². The first-order chi connectivity index (χ1) is 15.0. The Morgan fingerprint density at radius 1 is 1.13 bits per heavy atom. The maximum absolute atomic E-state index is 12.3. The van der Waals surface area contributed by atoms with Crippen LogP contribution in [0.25, 0.3) is 0 Å². The third-order valence-electron chi connectivity index (χ3n) is 5.57. The van der Waals surface area contributed by atoms with Crippen LogP contribution in [0.5, 0.6) is 11.5 Å². The van der Waals surface area contributed by atoms with Crippen LogP contribution in [0.4, 0.5) is 5.69 Å². The van der Waals surface area contributed by atoms with Gasteiger partial charge in [-0.3, -0.25) is 9.69 Å². The van der Waals surface area contributed by atoms with Gasteiger partial charge in [0, 0.05) is 43.4 Å². The summed E-state index contributed by atoms with van der Waals surface area (Å²) in [6.45, 7) is 9.35. The van der Waals surface area contributed by atoms with E-state index in [0.29, 0.717) is 17.3 Å². The molecule has 1 heterocycles. The molecule has 0 radical (unpaired) electrons. The maximum atomic E-state index is 12.3. The molecular weight excluding hydrogens is 414 g/mol. The highest BCUT2D eigenvalue weighted by molar-refractivity contribution is 6.30. The minimum atomic E-state index is -0.548. The number of methoxy groups -OCH3 is 1.